The van der Waals surface area contributed by atoms with E-state index in [0.29, 0.717) is 38.4 Å². The molecule has 4 rings (SSSR count). The predicted octanol–water partition coefficient (Wildman–Crippen LogP) is 3.33. The number of anilines is 1. The first-order chi connectivity index (χ1) is 14.6. The third-order valence-electron chi connectivity index (χ3n) is 6.66. The SMILES string of the molecule is C[C@@H]1CCCC[C@]12NC(=O)N(CN1CCN(c3ncc(C(F)(F)F)cc3Cl)CC1)C2=O. The Morgan fingerprint density at radius 3 is 2.55 bits per heavy atom. The second-order valence-corrected chi connectivity index (χ2v) is 8.96. The first-order valence-corrected chi connectivity index (χ1v) is 10.8. The Labute approximate surface area is 183 Å². The normalized spacial score (nSPS) is 27.8. The molecule has 11 heteroatoms. The summed E-state index contributed by atoms with van der Waals surface area (Å²) in [6.45, 7) is 4.21. The summed E-state index contributed by atoms with van der Waals surface area (Å²) < 4.78 is 38.5. The van der Waals surface area contributed by atoms with E-state index in [4.69, 9.17) is 11.6 Å². The van der Waals surface area contributed by atoms with Gasteiger partial charge in [0.25, 0.3) is 5.91 Å². The second kappa shape index (κ2) is 8.12. The van der Waals surface area contributed by atoms with Crippen LogP contribution in [-0.2, 0) is 11.0 Å². The van der Waals surface area contributed by atoms with Crippen LogP contribution in [0.5, 0.6) is 0 Å². The molecule has 2 aliphatic heterocycles. The van der Waals surface area contributed by atoms with Crippen molar-refractivity contribution in [1.29, 1.82) is 0 Å². The van der Waals surface area contributed by atoms with Gasteiger partial charge >= 0.3 is 12.2 Å². The van der Waals surface area contributed by atoms with E-state index >= 15 is 0 Å². The molecule has 0 aromatic carbocycles. The zero-order chi connectivity index (χ0) is 22.4. The van der Waals surface area contributed by atoms with Gasteiger partial charge in [0.05, 0.1) is 17.3 Å². The highest BCUT2D eigenvalue weighted by molar-refractivity contribution is 6.33. The summed E-state index contributed by atoms with van der Waals surface area (Å²) in [5.74, 6) is 0.256. The molecule has 31 heavy (non-hydrogen) atoms. The van der Waals surface area contributed by atoms with Crippen LogP contribution in [0.1, 0.15) is 38.2 Å². The lowest BCUT2D eigenvalue weighted by molar-refractivity contribution is -0.138. The number of nitrogens with zero attached hydrogens (tertiary/aromatic N) is 4. The van der Waals surface area contributed by atoms with Crippen molar-refractivity contribution in [3.8, 4) is 0 Å². The first kappa shape index (κ1) is 22.1. The van der Waals surface area contributed by atoms with Crippen molar-refractivity contribution in [2.75, 3.05) is 37.7 Å². The van der Waals surface area contributed by atoms with Gasteiger partial charge in [0, 0.05) is 32.4 Å². The van der Waals surface area contributed by atoms with Gasteiger partial charge < -0.3 is 10.2 Å². The Kier molecular flexibility index (Phi) is 5.80. The maximum Gasteiger partial charge on any atom is 0.417 e. The van der Waals surface area contributed by atoms with Gasteiger partial charge in [-0.05, 0) is 24.8 Å². The highest BCUT2D eigenvalue weighted by atomic mass is 35.5. The zero-order valence-electron chi connectivity index (χ0n) is 17.2. The molecule has 3 heterocycles. The topological polar surface area (TPSA) is 68.8 Å². The molecular weight excluding hydrogens is 435 g/mol. The van der Waals surface area contributed by atoms with E-state index in [-0.39, 0.29) is 29.5 Å². The van der Waals surface area contributed by atoms with Gasteiger partial charge in [-0.25, -0.2) is 14.7 Å². The van der Waals surface area contributed by atoms with Crippen LogP contribution >= 0.6 is 11.6 Å². The van der Waals surface area contributed by atoms with Crippen LogP contribution in [0, 0.1) is 5.92 Å². The minimum Gasteiger partial charge on any atom is -0.353 e. The van der Waals surface area contributed by atoms with Gasteiger partial charge in [0.2, 0.25) is 0 Å². The van der Waals surface area contributed by atoms with Crippen molar-refractivity contribution < 1.29 is 22.8 Å². The Bertz CT molecular complexity index is 875. The molecule has 3 aliphatic rings. The van der Waals surface area contributed by atoms with E-state index in [1.54, 1.807) is 0 Å². The van der Waals surface area contributed by atoms with Crippen LogP contribution < -0.4 is 10.2 Å². The van der Waals surface area contributed by atoms with Crippen molar-refractivity contribution in [1.82, 2.24) is 20.1 Å². The Morgan fingerprint density at radius 2 is 1.94 bits per heavy atom. The minimum atomic E-state index is -4.50. The van der Waals surface area contributed by atoms with Crippen molar-refractivity contribution in [2.24, 2.45) is 5.92 Å². The average Bonchev–Trinajstić information content (AvgIpc) is 2.95. The highest BCUT2D eigenvalue weighted by Crippen LogP contribution is 2.38. The summed E-state index contributed by atoms with van der Waals surface area (Å²) in [6.07, 6.45) is -0.144. The maximum absolute atomic E-state index is 13.1. The Morgan fingerprint density at radius 1 is 1.23 bits per heavy atom. The van der Waals surface area contributed by atoms with Crippen molar-refractivity contribution in [3.05, 3.63) is 22.8 Å². The minimum absolute atomic E-state index is 0.0504. The number of urea groups is 1. The number of carbonyl (C=O) groups is 2. The number of hydrogen-bond donors (Lipinski definition) is 1. The van der Waals surface area contributed by atoms with Gasteiger partial charge in [-0.15, -0.1) is 0 Å². The summed E-state index contributed by atoms with van der Waals surface area (Å²) in [5, 5.41) is 2.90. The van der Waals surface area contributed by atoms with E-state index in [0.717, 1.165) is 31.5 Å². The number of imide groups is 1. The lowest BCUT2D eigenvalue weighted by atomic mass is 9.73. The molecule has 2 atom stereocenters. The summed E-state index contributed by atoms with van der Waals surface area (Å²) >= 11 is 6.05. The average molecular weight is 460 g/mol. The van der Waals surface area contributed by atoms with Gasteiger partial charge in [-0.3, -0.25) is 9.69 Å². The third kappa shape index (κ3) is 4.07. The molecule has 1 aromatic heterocycles. The van der Waals surface area contributed by atoms with Gasteiger partial charge in [-0.2, -0.15) is 13.2 Å². The molecule has 1 saturated carbocycles. The number of aromatic nitrogens is 1. The number of hydrogen-bond acceptors (Lipinski definition) is 5. The smallest absolute Gasteiger partial charge is 0.353 e. The Hall–Kier alpha value is -2.07. The summed E-state index contributed by atoms with van der Waals surface area (Å²) in [4.78, 5) is 34.7. The van der Waals surface area contributed by atoms with Crippen molar-refractivity contribution in [3.63, 3.8) is 0 Å². The maximum atomic E-state index is 13.1. The van der Waals surface area contributed by atoms with E-state index in [1.165, 1.54) is 4.90 Å². The summed E-state index contributed by atoms with van der Waals surface area (Å²) in [5.41, 5.74) is -1.67. The first-order valence-electron chi connectivity index (χ1n) is 10.5. The lowest BCUT2D eigenvalue weighted by Crippen LogP contribution is -2.55. The molecule has 3 amide bonds. The molecule has 7 nitrogen and oxygen atoms in total. The molecule has 2 saturated heterocycles. The largest absolute Gasteiger partial charge is 0.417 e. The van der Waals surface area contributed by atoms with Crippen LogP contribution in [0.15, 0.2) is 12.3 Å². The standard InChI is InChI=1S/C20H25ClF3N5O2/c1-13-4-2-3-5-19(13)17(30)29(18(31)26-19)12-27-6-8-28(9-7-27)16-15(21)10-14(11-25-16)20(22,23)24/h10-11,13H,2-9,12H2,1H3,(H,26,31)/t13-,19+/m1/s1. The summed E-state index contributed by atoms with van der Waals surface area (Å²) in [6, 6.07) is 0.530. The van der Waals surface area contributed by atoms with Gasteiger partial charge in [0.1, 0.15) is 11.4 Å². The molecule has 1 aromatic rings. The van der Waals surface area contributed by atoms with Crippen molar-refractivity contribution >= 4 is 29.4 Å². The fourth-order valence-corrected chi connectivity index (χ4v) is 5.03. The Balaban J connectivity index is 1.38. The molecule has 1 spiro atoms. The number of halogens is 4. The molecule has 170 valence electrons. The van der Waals surface area contributed by atoms with E-state index in [2.05, 4.69) is 10.3 Å². The lowest BCUT2D eigenvalue weighted by Gasteiger charge is -2.38. The second-order valence-electron chi connectivity index (χ2n) is 8.56. The number of alkyl halides is 3. The van der Waals surface area contributed by atoms with E-state index < -0.39 is 17.3 Å². The number of nitrogens with one attached hydrogen (secondary N) is 1. The quantitative estimate of drug-likeness (QED) is 0.702. The van der Waals surface area contributed by atoms with E-state index in [1.807, 2.05) is 16.7 Å². The molecule has 0 radical (unpaired) electrons. The molecule has 1 N–H and O–H groups in total. The predicted molar refractivity (Wildman–Crippen MR) is 109 cm³/mol. The number of piperazine rings is 1. The molecule has 1 aliphatic carbocycles. The third-order valence-corrected chi connectivity index (χ3v) is 6.94. The van der Waals surface area contributed by atoms with Gasteiger partial charge in [0.15, 0.2) is 0 Å². The number of carbonyl (C=O) groups excluding carboxylic acids is 2. The molecular formula is C20H25ClF3N5O2. The van der Waals surface area contributed by atoms with Crippen LogP contribution in [0.4, 0.5) is 23.8 Å². The molecule has 0 unspecified atom stereocenters. The number of pyridine rings is 1. The van der Waals surface area contributed by atoms with Crippen LogP contribution in [-0.4, -0.2) is 65.1 Å². The van der Waals surface area contributed by atoms with Gasteiger partial charge in [-0.1, -0.05) is 31.4 Å². The number of rotatable bonds is 3. The summed E-state index contributed by atoms with van der Waals surface area (Å²) in [7, 11) is 0. The monoisotopic (exact) mass is 459 g/mol. The van der Waals surface area contributed by atoms with Crippen LogP contribution in [0.2, 0.25) is 5.02 Å². The zero-order valence-corrected chi connectivity index (χ0v) is 18.0. The molecule has 3 fully saturated rings. The molecule has 0 bridgehead atoms. The number of amides is 3. The van der Waals surface area contributed by atoms with Crippen molar-refractivity contribution in [2.45, 2.75) is 44.3 Å². The van der Waals surface area contributed by atoms with E-state index in [9.17, 15) is 22.8 Å². The van der Waals surface area contributed by atoms with Crippen LogP contribution in [0.3, 0.4) is 0 Å². The fourth-order valence-electron chi connectivity index (χ4n) is 4.74. The highest BCUT2D eigenvalue weighted by Gasteiger charge is 2.55. The van der Waals surface area contributed by atoms with Crippen LogP contribution in [0.25, 0.3) is 0 Å². The fraction of sp³-hybridized carbons (Fsp3) is 0.650.